The summed E-state index contributed by atoms with van der Waals surface area (Å²) in [5.41, 5.74) is 2.48. The molecule has 0 aliphatic carbocycles. The van der Waals surface area contributed by atoms with Gasteiger partial charge in [-0.25, -0.2) is 0 Å². The van der Waals surface area contributed by atoms with Crippen molar-refractivity contribution in [3.05, 3.63) is 29.5 Å². The fourth-order valence-corrected chi connectivity index (χ4v) is 2.66. The number of ether oxygens (including phenoxy) is 1. The molecule has 1 N–H and O–H groups in total. The van der Waals surface area contributed by atoms with E-state index in [9.17, 15) is 18.0 Å². The van der Waals surface area contributed by atoms with E-state index in [0.29, 0.717) is 12.2 Å². The Labute approximate surface area is 124 Å². The maximum atomic E-state index is 12.1. The number of rotatable bonds is 3. The van der Waals surface area contributed by atoms with Crippen molar-refractivity contribution in [1.82, 2.24) is 5.32 Å². The van der Waals surface area contributed by atoms with Crippen molar-refractivity contribution in [2.24, 2.45) is 0 Å². The quantitative estimate of drug-likeness (QED) is 0.948. The second kappa shape index (κ2) is 5.55. The zero-order valence-corrected chi connectivity index (χ0v) is 11.6. The molecular formula is C15H14F3NO3. The van der Waals surface area contributed by atoms with E-state index < -0.39 is 12.1 Å². The van der Waals surface area contributed by atoms with E-state index in [0.717, 1.165) is 35.1 Å². The molecule has 1 aliphatic rings. The van der Waals surface area contributed by atoms with E-state index >= 15 is 0 Å². The van der Waals surface area contributed by atoms with Gasteiger partial charge in [-0.05, 0) is 31.4 Å². The Bertz CT molecular complexity index is 706. The zero-order valence-electron chi connectivity index (χ0n) is 11.6. The molecule has 0 saturated carbocycles. The molecule has 2 heterocycles. The highest BCUT2D eigenvalue weighted by Crippen LogP contribution is 2.35. The van der Waals surface area contributed by atoms with Crippen LogP contribution in [0.4, 0.5) is 13.2 Å². The number of fused-ring (bicyclic) bond motifs is 3. The molecule has 0 spiro atoms. The van der Waals surface area contributed by atoms with Gasteiger partial charge in [0.05, 0.1) is 12.9 Å². The van der Waals surface area contributed by atoms with Crippen LogP contribution in [0.2, 0.25) is 0 Å². The first-order valence-electron chi connectivity index (χ1n) is 6.96. The Morgan fingerprint density at radius 2 is 2.14 bits per heavy atom. The number of halogens is 3. The summed E-state index contributed by atoms with van der Waals surface area (Å²) in [6, 6.07) is 3.63. The minimum atomic E-state index is -4.86. The van der Waals surface area contributed by atoms with E-state index in [1.54, 1.807) is 6.07 Å². The van der Waals surface area contributed by atoms with Crippen LogP contribution in [-0.2, 0) is 17.6 Å². The summed E-state index contributed by atoms with van der Waals surface area (Å²) in [7, 11) is 0. The monoisotopic (exact) mass is 313 g/mol. The van der Waals surface area contributed by atoms with Gasteiger partial charge in [0.1, 0.15) is 11.3 Å². The van der Waals surface area contributed by atoms with Crippen LogP contribution in [-0.4, -0.2) is 25.2 Å². The number of amides is 1. The molecule has 118 valence electrons. The van der Waals surface area contributed by atoms with Crippen LogP contribution in [0, 0.1) is 0 Å². The lowest BCUT2D eigenvalue weighted by atomic mass is 9.98. The molecule has 7 heteroatoms. The fourth-order valence-electron chi connectivity index (χ4n) is 2.66. The topological polar surface area (TPSA) is 51.5 Å². The Morgan fingerprint density at radius 1 is 1.32 bits per heavy atom. The molecule has 4 nitrogen and oxygen atoms in total. The molecule has 3 rings (SSSR count). The van der Waals surface area contributed by atoms with Crippen LogP contribution < -0.4 is 10.1 Å². The summed E-state index contributed by atoms with van der Waals surface area (Å²) in [5.74, 6) is -1.13. The van der Waals surface area contributed by atoms with Gasteiger partial charge in [-0.3, -0.25) is 4.79 Å². The first kappa shape index (κ1) is 14.7. The second-order valence-electron chi connectivity index (χ2n) is 5.13. The Hall–Kier alpha value is -2.18. The summed E-state index contributed by atoms with van der Waals surface area (Å²) in [5, 5.41) is 2.76. The lowest BCUT2D eigenvalue weighted by molar-refractivity contribution is -0.173. The van der Waals surface area contributed by atoms with Crippen molar-refractivity contribution in [3.63, 3.8) is 0 Å². The molecule has 0 radical (unpaired) electrons. The van der Waals surface area contributed by atoms with Crippen LogP contribution in [0.5, 0.6) is 5.75 Å². The first-order chi connectivity index (χ1) is 10.5. The van der Waals surface area contributed by atoms with E-state index in [4.69, 9.17) is 9.15 Å². The van der Waals surface area contributed by atoms with Crippen LogP contribution in [0.15, 0.2) is 22.8 Å². The molecule has 2 aromatic rings. The maximum absolute atomic E-state index is 12.1. The lowest BCUT2D eigenvalue weighted by Gasteiger charge is -2.18. The summed E-state index contributed by atoms with van der Waals surface area (Å²) >= 11 is 0. The molecule has 0 fully saturated rings. The number of benzene rings is 1. The van der Waals surface area contributed by atoms with E-state index in [-0.39, 0.29) is 13.0 Å². The van der Waals surface area contributed by atoms with Gasteiger partial charge in [-0.15, -0.1) is 0 Å². The molecule has 0 unspecified atom stereocenters. The van der Waals surface area contributed by atoms with Crippen LogP contribution in [0.1, 0.15) is 17.5 Å². The summed E-state index contributed by atoms with van der Waals surface area (Å²) in [6.45, 7) is 0.560. The predicted octanol–water partition coefficient (Wildman–Crippen LogP) is 2.98. The summed E-state index contributed by atoms with van der Waals surface area (Å²) in [6.07, 6.45) is -1.33. The van der Waals surface area contributed by atoms with Crippen LogP contribution in [0.25, 0.3) is 11.0 Å². The molecule has 1 amide bonds. The highest BCUT2D eigenvalue weighted by Gasteiger charge is 2.38. The normalized spacial score (nSPS) is 14.5. The number of nitrogens with one attached hydrogen (secondary N) is 1. The third kappa shape index (κ3) is 2.75. The minimum absolute atomic E-state index is 0.0997. The summed E-state index contributed by atoms with van der Waals surface area (Å²) in [4.78, 5) is 10.8. The molecular weight excluding hydrogens is 299 g/mol. The average molecular weight is 313 g/mol. The molecule has 0 bridgehead atoms. The third-order valence-electron chi connectivity index (χ3n) is 3.65. The van der Waals surface area contributed by atoms with Gasteiger partial charge in [-0.1, -0.05) is 0 Å². The highest BCUT2D eigenvalue weighted by molar-refractivity contribution is 5.87. The number of carbonyl (C=O) groups is 1. The number of hydrogen-bond acceptors (Lipinski definition) is 3. The number of furan rings is 1. The van der Waals surface area contributed by atoms with E-state index in [2.05, 4.69) is 0 Å². The minimum Gasteiger partial charge on any atom is -0.493 e. The van der Waals surface area contributed by atoms with Gasteiger partial charge in [0.25, 0.3) is 0 Å². The van der Waals surface area contributed by atoms with E-state index in [1.165, 1.54) is 6.26 Å². The van der Waals surface area contributed by atoms with Crippen molar-refractivity contribution in [3.8, 4) is 5.75 Å². The molecule has 22 heavy (non-hydrogen) atoms. The fraction of sp³-hybridized carbons (Fsp3) is 0.400. The second-order valence-corrected chi connectivity index (χ2v) is 5.13. The highest BCUT2D eigenvalue weighted by atomic mass is 19.4. The molecule has 0 saturated heterocycles. The van der Waals surface area contributed by atoms with Crippen molar-refractivity contribution >= 4 is 16.9 Å². The maximum Gasteiger partial charge on any atom is 0.471 e. The number of aryl methyl sites for hydroxylation is 1. The Morgan fingerprint density at radius 3 is 2.91 bits per heavy atom. The molecule has 0 atom stereocenters. The third-order valence-corrected chi connectivity index (χ3v) is 3.65. The number of hydrogen-bond donors (Lipinski definition) is 1. The van der Waals surface area contributed by atoms with Crippen molar-refractivity contribution in [2.45, 2.75) is 25.4 Å². The van der Waals surface area contributed by atoms with E-state index in [1.807, 2.05) is 11.4 Å². The smallest absolute Gasteiger partial charge is 0.471 e. The van der Waals surface area contributed by atoms with Gasteiger partial charge in [0.15, 0.2) is 0 Å². The Kier molecular flexibility index (Phi) is 3.72. The standard InChI is InChI=1S/C15H14F3NO3/c16-15(17,18)14(20)19-6-5-9-8-22-12-4-3-11-10(13(9)12)2-1-7-21-11/h3-4,8H,1-2,5-7H2,(H,19,20). The van der Waals surface area contributed by atoms with Gasteiger partial charge in [0.2, 0.25) is 0 Å². The molecule has 1 aromatic heterocycles. The zero-order chi connectivity index (χ0) is 15.7. The predicted molar refractivity (Wildman–Crippen MR) is 72.8 cm³/mol. The van der Waals surface area contributed by atoms with Crippen LogP contribution in [0.3, 0.4) is 0 Å². The van der Waals surface area contributed by atoms with Gasteiger partial charge in [-0.2, -0.15) is 13.2 Å². The average Bonchev–Trinajstić information content (AvgIpc) is 2.90. The summed E-state index contributed by atoms with van der Waals surface area (Å²) < 4.78 is 47.5. The van der Waals surface area contributed by atoms with Gasteiger partial charge < -0.3 is 14.5 Å². The number of carbonyl (C=O) groups excluding carboxylic acids is 1. The SMILES string of the molecule is O=C(NCCc1coc2ccc3c(c12)CCCO3)C(F)(F)F. The van der Waals surface area contributed by atoms with Crippen molar-refractivity contribution < 1.29 is 27.1 Å². The van der Waals surface area contributed by atoms with Crippen molar-refractivity contribution in [2.75, 3.05) is 13.2 Å². The number of alkyl halides is 3. The largest absolute Gasteiger partial charge is 0.493 e. The van der Waals surface area contributed by atoms with Crippen LogP contribution >= 0.6 is 0 Å². The van der Waals surface area contributed by atoms with Gasteiger partial charge >= 0.3 is 12.1 Å². The first-order valence-corrected chi connectivity index (χ1v) is 6.96. The van der Waals surface area contributed by atoms with Gasteiger partial charge in [0, 0.05) is 23.1 Å². The molecule has 1 aliphatic heterocycles. The van der Waals surface area contributed by atoms with Crippen molar-refractivity contribution in [1.29, 1.82) is 0 Å². The molecule has 1 aromatic carbocycles. The Balaban J connectivity index is 1.78. The lowest BCUT2D eigenvalue weighted by Crippen LogP contribution is -2.37.